The first-order chi connectivity index (χ1) is 5.89. The maximum absolute atomic E-state index is 12.0. The Morgan fingerprint density at radius 2 is 2.23 bits per heavy atom. The number of carboxylic acid groups (broad SMARTS) is 1. The summed E-state index contributed by atoms with van der Waals surface area (Å²) in [6, 6.07) is 0. The fourth-order valence-electron chi connectivity index (χ4n) is 0.652. The lowest BCUT2D eigenvalue weighted by molar-refractivity contribution is -0.136. The number of rotatable bonds is 2. The van der Waals surface area contributed by atoms with E-state index < -0.39 is 23.4 Å². The molecule has 0 aliphatic carbocycles. The first kappa shape index (κ1) is 9.97. The van der Waals surface area contributed by atoms with Crippen molar-refractivity contribution in [3.63, 3.8) is 0 Å². The Bertz CT molecular complexity index is 320. The normalized spacial score (nSPS) is 11.6. The van der Waals surface area contributed by atoms with Crippen molar-refractivity contribution in [1.82, 2.24) is 4.98 Å². The third-order valence-corrected chi connectivity index (χ3v) is 2.18. The van der Waals surface area contributed by atoms with Crippen LogP contribution in [0.15, 0.2) is 6.20 Å². The molecular weight excluding hydrogens is 207 g/mol. The maximum Gasteiger partial charge on any atom is 0.427 e. The number of aliphatic carboxylic acids is 1. The Morgan fingerprint density at radius 3 is 2.62 bits per heavy atom. The molecule has 0 aromatic carbocycles. The number of nitrogens with zero attached hydrogens (tertiary/aromatic N) is 1. The van der Waals surface area contributed by atoms with Gasteiger partial charge in [-0.3, -0.25) is 4.79 Å². The molecule has 1 aromatic heterocycles. The molecule has 0 atom stereocenters. The molecular formula is C6H4F3NO2S. The second kappa shape index (κ2) is 3.33. The molecule has 1 heterocycles. The van der Waals surface area contributed by atoms with Crippen molar-refractivity contribution in [2.24, 2.45) is 0 Å². The summed E-state index contributed by atoms with van der Waals surface area (Å²) in [6.45, 7) is 0. The Kier molecular flexibility index (Phi) is 2.55. The van der Waals surface area contributed by atoms with Crippen LogP contribution in [0.5, 0.6) is 0 Å². The lowest BCUT2D eigenvalue weighted by Gasteiger charge is -1.99. The van der Waals surface area contributed by atoms with Gasteiger partial charge in [0.15, 0.2) is 0 Å². The average Bonchev–Trinajstić information content (AvgIpc) is 2.32. The Balaban J connectivity index is 2.81. The number of hydrogen-bond acceptors (Lipinski definition) is 3. The van der Waals surface area contributed by atoms with Gasteiger partial charge in [0.25, 0.3) is 0 Å². The predicted octanol–water partition coefficient (Wildman–Crippen LogP) is 1.79. The standard InChI is InChI=1S/C6H4F3NO2S/c7-6(8,9)3-2-10-4(13-3)1-5(11)12/h2H,1H2,(H,11,12). The van der Waals surface area contributed by atoms with Gasteiger partial charge in [0.2, 0.25) is 0 Å². The molecule has 1 N–H and O–H groups in total. The van der Waals surface area contributed by atoms with E-state index in [0.717, 1.165) is 0 Å². The molecule has 0 amide bonds. The lowest BCUT2D eigenvalue weighted by atomic mass is 10.5. The minimum Gasteiger partial charge on any atom is -0.481 e. The van der Waals surface area contributed by atoms with Gasteiger partial charge in [0.05, 0.1) is 12.6 Å². The summed E-state index contributed by atoms with van der Waals surface area (Å²) < 4.78 is 35.9. The monoisotopic (exact) mass is 211 g/mol. The van der Waals surface area contributed by atoms with E-state index in [1.54, 1.807) is 0 Å². The maximum atomic E-state index is 12.0. The third kappa shape index (κ3) is 2.69. The molecule has 13 heavy (non-hydrogen) atoms. The van der Waals surface area contributed by atoms with Crippen LogP contribution >= 0.6 is 11.3 Å². The van der Waals surface area contributed by atoms with Gasteiger partial charge in [-0.1, -0.05) is 0 Å². The highest BCUT2D eigenvalue weighted by Crippen LogP contribution is 2.33. The van der Waals surface area contributed by atoms with E-state index in [0.29, 0.717) is 17.5 Å². The molecule has 72 valence electrons. The molecule has 1 rings (SSSR count). The average molecular weight is 211 g/mol. The van der Waals surface area contributed by atoms with Gasteiger partial charge < -0.3 is 5.11 Å². The molecule has 0 aliphatic heterocycles. The van der Waals surface area contributed by atoms with Crippen LogP contribution in [0.4, 0.5) is 13.2 Å². The summed E-state index contributed by atoms with van der Waals surface area (Å²) in [7, 11) is 0. The summed E-state index contributed by atoms with van der Waals surface area (Å²) in [5.41, 5.74) is 0. The van der Waals surface area contributed by atoms with Crippen LogP contribution < -0.4 is 0 Å². The highest BCUT2D eigenvalue weighted by Gasteiger charge is 2.33. The van der Waals surface area contributed by atoms with Crippen molar-refractivity contribution in [1.29, 1.82) is 0 Å². The smallest absolute Gasteiger partial charge is 0.427 e. The number of hydrogen-bond donors (Lipinski definition) is 1. The van der Waals surface area contributed by atoms with Gasteiger partial charge in [-0.15, -0.1) is 11.3 Å². The van der Waals surface area contributed by atoms with Crippen molar-refractivity contribution < 1.29 is 23.1 Å². The van der Waals surface area contributed by atoms with Gasteiger partial charge in [0, 0.05) is 0 Å². The molecule has 0 bridgehead atoms. The summed E-state index contributed by atoms with van der Waals surface area (Å²) in [6.07, 6.45) is -4.27. The SMILES string of the molecule is O=C(O)Cc1ncc(C(F)(F)F)s1. The van der Waals surface area contributed by atoms with Crippen LogP contribution in [0, 0.1) is 0 Å². The lowest BCUT2D eigenvalue weighted by Crippen LogP contribution is -2.01. The van der Waals surface area contributed by atoms with Crippen LogP contribution in [0.25, 0.3) is 0 Å². The Hall–Kier alpha value is -1.11. The van der Waals surface area contributed by atoms with E-state index in [-0.39, 0.29) is 5.01 Å². The number of halogens is 3. The largest absolute Gasteiger partial charge is 0.481 e. The van der Waals surface area contributed by atoms with E-state index in [1.165, 1.54) is 0 Å². The second-order valence-corrected chi connectivity index (χ2v) is 3.30. The third-order valence-electron chi connectivity index (χ3n) is 1.14. The van der Waals surface area contributed by atoms with Gasteiger partial charge in [-0.25, -0.2) is 4.98 Å². The molecule has 0 radical (unpaired) electrons. The number of aromatic nitrogens is 1. The first-order valence-electron chi connectivity index (χ1n) is 3.13. The molecule has 7 heteroatoms. The number of carbonyl (C=O) groups is 1. The summed E-state index contributed by atoms with van der Waals surface area (Å²) in [4.78, 5) is 12.6. The van der Waals surface area contributed by atoms with Crippen molar-refractivity contribution in [2.75, 3.05) is 0 Å². The van der Waals surface area contributed by atoms with Crippen molar-refractivity contribution in [3.8, 4) is 0 Å². The molecule has 1 aromatic rings. The van der Waals surface area contributed by atoms with Crippen LogP contribution in [-0.4, -0.2) is 16.1 Å². The first-order valence-corrected chi connectivity index (χ1v) is 3.95. The van der Waals surface area contributed by atoms with Crippen LogP contribution in [0.1, 0.15) is 9.88 Å². The van der Waals surface area contributed by atoms with Gasteiger partial charge in [0.1, 0.15) is 9.88 Å². The molecule has 0 unspecified atom stereocenters. The summed E-state index contributed by atoms with van der Waals surface area (Å²) in [5.74, 6) is -1.19. The Morgan fingerprint density at radius 1 is 1.62 bits per heavy atom. The van der Waals surface area contributed by atoms with Crippen LogP contribution in [0.3, 0.4) is 0 Å². The molecule has 0 saturated heterocycles. The number of thiazole rings is 1. The van der Waals surface area contributed by atoms with Crippen molar-refractivity contribution >= 4 is 17.3 Å². The molecule has 3 nitrogen and oxygen atoms in total. The van der Waals surface area contributed by atoms with Gasteiger partial charge in [-0.05, 0) is 0 Å². The molecule has 0 aliphatic rings. The summed E-state index contributed by atoms with van der Waals surface area (Å²) >= 11 is 0.351. The zero-order chi connectivity index (χ0) is 10.1. The summed E-state index contributed by atoms with van der Waals surface area (Å²) in [5, 5.41) is 8.22. The number of alkyl halides is 3. The van der Waals surface area contributed by atoms with E-state index in [4.69, 9.17) is 5.11 Å². The predicted molar refractivity (Wildman–Crippen MR) is 38.5 cm³/mol. The fourth-order valence-corrected chi connectivity index (χ4v) is 1.43. The van der Waals surface area contributed by atoms with Crippen LogP contribution in [-0.2, 0) is 17.4 Å². The fraction of sp³-hybridized carbons (Fsp3) is 0.333. The number of carboxylic acids is 1. The molecule has 0 spiro atoms. The highest BCUT2D eigenvalue weighted by molar-refractivity contribution is 7.11. The van der Waals surface area contributed by atoms with Crippen molar-refractivity contribution in [2.45, 2.75) is 12.6 Å². The van der Waals surface area contributed by atoms with E-state index >= 15 is 0 Å². The van der Waals surface area contributed by atoms with Crippen molar-refractivity contribution in [3.05, 3.63) is 16.1 Å². The highest BCUT2D eigenvalue weighted by atomic mass is 32.1. The molecule has 0 fully saturated rings. The van der Waals surface area contributed by atoms with Crippen LogP contribution in [0.2, 0.25) is 0 Å². The Labute approximate surface area is 74.8 Å². The quantitative estimate of drug-likeness (QED) is 0.811. The van der Waals surface area contributed by atoms with E-state index in [2.05, 4.69) is 4.98 Å². The molecule has 0 saturated carbocycles. The topological polar surface area (TPSA) is 50.2 Å². The zero-order valence-electron chi connectivity index (χ0n) is 6.13. The van der Waals surface area contributed by atoms with Gasteiger partial charge >= 0.3 is 12.1 Å². The van der Waals surface area contributed by atoms with E-state index in [9.17, 15) is 18.0 Å². The minimum atomic E-state index is -4.44. The minimum absolute atomic E-state index is 0.0418. The van der Waals surface area contributed by atoms with E-state index in [1.807, 2.05) is 0 Å². The van der Waals surface area contributed by atoms with Gasteiger partial charge in [-0.2, -0.15) is 13.2 Å². The second-order valence-electron chi connectivity index (χ2n) is 2.19. The zero-order valence-corrected chi connectivity index (χ0v) is 6.95.